The van der Waals surface area contributed by atoms with E-state index in [2.05, 4.69) is 11.8 Å². The molecule has 0 fully saturated rings. The van der Waals surface area contributed by atoms with Gasteiger partial charge in [-0.25, -0.2) is 0 Å². The third-order valence-corrected chi connectivity index (χ3v) is 1.65. The monoisotopic (exact) mass is 220 g/mol. The van der Waals surface area contributed by atoms with Crippen LogP contribution in [-0.2, 0) is 9.47 Å². The Morgan fingerprint density at radius 2 is 1.25 bits per heavy atom. The van der Waals surface area contributed by atoms with E-state index in [4.69, 9.17) is 20.0 Å². The van der Waals surface area contributed by atoms with Crippen molar-refractivity contribution in [3.63, 3.8) is 0 Å². The molecule has 0 amide bonds. The SMILES string of the molecule is CC(C#CC(C)OCCC#N)OCCC#N. The van der Waals surface area contributed by atoms with E-state index in [0.29, 0.717) is 26.1 Å². The van der Waals surface area contributed by atoms with Gasteiger partial charge in [-0.05, 0) is 13.8 Å². The third kappa shape index (κ3) is 9.03. The van der Waals surface area contributed by atoms with E-state index in [1.165, 1.54) is 0 Å². The van der Waals surface area contributed by atoms with Crippen molar-refractivity contribution in [3.8, 4) is 24.0 Å². The summed E-state index contributed by atoms with van der Waals surface area (Å²) in [6.45, 7) is 4.45. The summed E-state index contributed by atoms with van der Waals surface area (Å²) >= 11 is 0. The molecule has 4 nitrogen and oxygen atoms in total. The van der Waals surface area contributed by atoms with Crippen molar-refractivity contribution < 1.29 is 9.47 Å². The first kappa shape index (κ1) is 14.5. The van der Waals surface area contributed by atoms with Gasteiger partial charge in [0.25, 0.3) is 0 Å². The molecule has 0 aliphatic heterocycles. The second-order valence-electron chi connectivity index (χ2n) is 3.13. The molecule has 0 saturated heterocycles. The van der Waals surface area contributed by atoms with E-state index in [1.807, 2.05) is 26.0 Å². The number of nitriles is 2. The lowest BCUT2D eigenvalue weighted by Gasteiger charge is -2.06. The maximum absolute atomic E-state index is 8.31. The summed E-state index contributed by atoms with van der Waals surface area (Å²) in [7, 11) is 0. The molecule has 0 heterocycles. The van der Waals surface area contributed by atoms with Gasteiger partial charge >= 0.3 is 0 Å². The minimum absolute atomic E-state index is 0.199. The summed E-state index contributed by atoms with van der Waals surface area (Å²) in [5, 5.41) is 16.6. The molecule has 0 aromatic heterocycles. The molecule has 0 radical (unpaired) electrons. The van der Waals surface area contributed by atoms with Crippen molar-refractivity contribution in [3.05, 3.63) is 0 Å². The van der Waals surface area contributed by atoms with Crippen LogP contribution in [0, 0.1) is 34.5 Å². The van der Waals surface area contributed by atoms with Crippen LogP contribution in [0.5, 0.6) is 0 Å². The minimum Gasteiger partial charge on any atom is -0.365 e. The van der Waals surface area contributed by atoms with Gasteiger partial charge in [0, 0.05) is 0 Å². The van der Waals surface area contributed by atoms with Crippen molar-refractivity contribution in [2.45, 2.75) is 38.9 Å². The lowest BCUT2D eigenvalue weighted by Crippen LogP contribution is -2.10. The van der Waals surface area contributed by atoms with Crippen LogP contribution in [0.2, 0.25) is 0 Å². The average molecular weight is 220 g/mol. The van der Waals surface area contributed by atoms with Gasteiger partial charge in [0.05, 0.1) is 38.2 Å². The Morgan fingerprint density at radius 3 is 1.56 bits per heavy atom. The zero-order chi connectivity index (χ0) is 12.2. The van der Waals surface area contributed by atoms with E-state index < -0.39 is 0 Å². The standard InChI is InChI=1S/C12H16N2O2/c1-11(15-9-3-7-13)5-6-12(2)16-10-4-8-14/h11-12H,3-4,9-10H2,1-2H3. The molecule has 86 valence electrons. The van der Waals surface area contributed by atoms with Gasteiger partial charge in [-0.3, -0.25) is 0 Å². The highest BCUT2D eigenvalue weighted by molar-refractivity contribution is 5.07. The fourth-order valence-electron chi connectivity index (χ4n) is 0.881. The molecule has 0 aromatic rings. The summed E-state index contributed by atoms with van der Waals surface area (Å²) < 4.78 is 10.5. The van der Waals surface area contributed by atoms with Crippen LogP contribution in [0.4, 0.5) is 0 Å². The Balaban J connectivity index is 3.72. The lowest BCUT2D eigenvalue weighted by molar-refractivity contribution is 0.101. The van der Waals surface area contributed by atoms with Crippen LogP contribution in [0.25, 0.3) is 0 Å². The third-order valence-electron chi connectivity index (χ3n) is 1.65. The molecule has 16 heavy (non-hydrogen) atoms. The molecule has 2 atom stereocenters. The predicted octanol–water partition coefficient (Wildman–Crippen LogP) is 1.63. The van der Waals surface area contributed by atoms with Crippen LogP contribution in [0.15, 0.2) is 0 Å². The number of nitrogens with zero attached hydrogens (tertiary/aromatic N) is 2. The predicted molar refractivity (Wildman–Crippen MR) is 59.1 cm³/mol. The highest BCUT2D eigenvalue weighted by Gasteiger charge is 1.98. The Bertz CT molecular complexity index is 287. The van der Waals surface area contributed by atoms with Crippen LogP contribution < -0.4 is 0 Å². The van der Waals surface area contributed by atoms with E-state index >= 15 is 0 Å². The van der Waals surface area contributed by atoms with Gasteiger partial charge in [0.1, 0.15) is 12.2 Å². The van der Waals surface area contributed by atoms with Crippen LogP contribution >= 0.6 is 0 Å². The second kappa shape index (κ2) is 9.99. The Morgan fingerprint density at radius 1 is 0.875 bits per heavy atom. The number of hydrogen-bond acceptors (Lipinski definition) is 4. The second-order valence-corrected chi connectivity index (χ2v) is 3.13. The van der Waals surface area contributed by atoms with E-state index in [0.717, 1.165) is 0 Å². The highest BCUT2D eigenvalue weighted by atomic mass is 16.5. The van der Waals surface area contributed by atoms with Gasteiger partial charge < -0.3 is 9.47 Å². The minimum atomic E-state index is -0.199. The molecule has 0 rings (SSSR count). The maximum Gasteiger partial charge on any atom is 0.115 e. The lowest BCUT2D eigenvalue weighted by atomic mass is 10.3. The quantitative estimate of drug-likeness (QED) is 0.504. The van der Waals surface area contributed by atoms with Crippen molar-refractivity contribution in [1.82, 2.24) is 0 Å². The van der Waals surface area contributed by atoms with Gasteiger partial charge in [-0.15, -0.1) is 0 Å². The van der Waals surface area contributed by atoms with Crippen LogP contribution in [-0.4, -0.2) is 25.4 Å². The molecular weight excluding hydrogens is 204 g/mol. The van der Waals surface area contributed by atoms with Crippen LogP contribution in [0.3, 0.4) is 0 Å². The first-order valence-electron chi connectivity index (χ1n) is 5.19. The molecule has 0 saturated carbocycles. The van der Waals surface area contributed by atoms with Crippen LogP contribution in [0.1, 0.15) is 26.7 Å². The van der Waals surface area contributed by atoms with E-state index in [9.17, 15) is 0 Å². The fourth-order valence-corrected chi connectivity index (χ4v) is 0.881. The summed E-state index contributed by atoms with van der Waals surface area (Å²) in [4.78, 5) is 0. The molecule has 0 aliphatic carbocycles. The summed E-state index contributed by atoms with van der Waals surface area (Å²) in [5.74, 6) is 5.76. The molecule has 4 heteroatoms. The molecule has 0 aliphatic rings. The molecule has 0 bridgehead atoms. The maximum atomic E-state index is 8.31. The number of rotatable bonds is 6. The first-order valence-corrected chi connectivity index (χ1v) is 5.19. The summed E-state index contributed by atoms with van der Waals surface area (Å²) in [6, 6.07) is 3.99. The van der Waals surface area contributed by atoms with Crippen molar-refractivity contribution in [2.24, 2.45) is 0 Å². The van der Waals surface area contributed by atoms with Crippen molar-refractivity contribution >= 4 is 0 Å². The Kier molecular flexibility index (Phi) is 9.03. The summed E-state index contributed by atoms with van der Waals surface area (Å²) in [5.41, 5.74) is 0. The van der Waals surface area contributed by atoms with E-state index in [-0.39, 0.29) is 12.2 Å². The molecule has 0 N–H and O–H groups in total. The van der Waals surface area contributed by atoms with Gasteiger partial charge in [-0.1, -0.05) is 11.8 Å². The normalized spacial score (nSPS) is 12.8. The number of ether oxygens (including phenoxy) is 2. The van der Waals surface area contributed by atoms with Gasteiger partial charge in [-0.2, -0.15) is 10.5 Å². The fraction of sp³-hybridized carbons (Fsp3) is 0.667. The Labute approximate surface area is 96.8 Å². The average Bonchev–Trinajstić information content (AvgIpc) is 2.27. The van der Waals surface area contributed by atoms with Gasteiger partial charge in [0.15, 0.2) is 0 Å². The topological polar surface area (TPSA) is 66.0 Å². The molecule has 0 aromatic carbocycles. The van der Waals surface area contributed by atoms with Gasteiger partial charge in [0.2, 0.25) is 0 Å². The Hall–Kier alpha value is -1.54. The van der Waals surface area contributed by atoms with E-state index in [1.54, 1.807) is 0 Å². The molecular formula is C12H16N2O2. The highest BCUT2D eigenvalue weighted by Crippen LogP contribution is 1.93. The largest absolute Gasteiger partial charge is 0.365 e. The van der Waals surface area contributed by atoms with Crippen molar-refractivity contribution in [1.29, 1.82) is 10.5 Å². The van der Waals surface area contributed by atoms with Crippen molar-refractivity contribution in [2.75, 3.05) is 13.2 Å². The number of hydrogen-bond donors (Lipinski definition) is 0. The zero-order valence-corrected chi connectivity index (χ0v) is 9.69. The zero-order valence-electron chi connectivity index (χ0n) is 9.69. The summed E-state index contributed by atoms with van der Waals surface area (Å²) in [6.07, 6.45) is 0.353. The smallest absolute Gasteiger partial charge is 0.115 e. The molecule has 2 unspecified atom stereocenters. The molecule has 0 spiro atoms. The first-order chi connectivity index (χ1) is 7.70.